The number of amides is 1. The molecule has 0 spiro atoms. The van der Waals surface area contributed by atoms with Gasteiger partial charge in [0, 0.05) is 19.3 Å². The lowest BCUT2D eigenvalue weighted by Crippen LogP contribution is -2.22. The van der Waals surface area contributed by atoms with Crippen molar-refractivity contribution in [3.05, 3.63) is 65.7 Å². The van der Waals surface area contributed by atoms with Crippen LogP contribution in [-0.2, 0) is 16.1 Å². The lowest BCUT2D eigenvalue weighted by molar-refractivity contribution is -0.126. The zero-order valence-electron chi connectivity index (χ0n) is 12.3. The summed E-state index contributed by atoms with van der Waals surface area (Å²) in [5.74, 6) is -0.176. The molecule has 110 valence electrons. The first-order valence-electron chi connectivity index (χ1n) is 6.86. The van der Waals surface area contributed by atoms with Crippen LogP contribution in [0.3, 0.4) is 0 Å². The Balaban J connectivity index is 2.05. The van der Waals surface area contributed by atoms with Crippen LogP contribution in [0.5, 0.6) is 0 Å². The molecule has 2 N–H and O–H groups in total. The third kappa shape index (κ3) is 4.15. The number of benzene rings is 2. The molecule has 21 heavy (non-hydrogen) atoms. The molecule has 0 bridgehead atoms. The van der Waals surface area contributed by atoms with Gasteiger partial charge in [-0.05, 0) is 30.3 Å². The van der Waals surface area contributed by atoms with Gasteiger partial charge >= 0.3 is 0 Å². The Morgan fingerprint density at radius 3 is 2.33 bits per heavy atom. The van der Waals surface area contributed by atoms with Gasteiger partial charge in [-0.1, -0.05) is 42.5 Å². The number of nitrogens with one attached hydrogen (secondary N) is 2. The van der Waals surface area contributed by atoms with Crippen molar-refractivity contribution in [3.8, 4) is 0 Å². The molecule has 2 aromatic rings. The largest absolute Gasteiger partial charge is 0.367 e. The average molecular weight is 284 g/mol. The first-order valence-corrected chi connectivity index (χ1v) is 6.86. The zero-order chi connectivity index (χ0) is 15.1. The van der Waals surface area contributed by atoms with Gasteiger partial charge in [0.1, 0.15) is 0 Å². The summed E-state index contributed by atoms with van der Waals surface area (Å²) < 4.78 is 5.31. The van der Waals surface area contributed by atoms with E-state index < -0.39 is 6.10 Å². The number of hydrogen-bond acceptors (Lipinski definition) is 3. The number of carbonyl (C=O) groups excluding carboxylic acids is 1. The molecule has 2 rings (SSSR count). The van der Waals surface area contributed by atoms with Crippen LogP contribution in [0.25, 0.3) is 0 Å². The fourth-order valence-electron chi connectivity index (χ4n) is 2.14. The van der Waals surface area contributed by atoms with Crippen molar-refractivity contribution >= 4 is 11.6 Å². The van der Waals surface area contributed by atoms with Gasteiger partial charge in [0.05, 0.1) is 0 Å². The summed E-state index contributed by atoms with van der Waals surface area (Å²) in [6, 6.07) is 17.2. The molecule has 0 radical (unpaired) electrons. The molecule has 0 saturated carbocycles. The Labute approximate surface area is 125 Å². The summed E-state index contributed by atoms with van der Waals surface area (Å²) in [6.45, 7) is 0.805. The number of anilines is 1. The molecule has 0 aromatic heterocycles. The van der Waals surface area contributed by atoms with Gasteiger partial charge in [0.2, 0.25) is 0 Å². The van der Waals surface area contributed by atoms with Crippen molar-refractivity contribution < 1.29 is 9.53 Å². The lowest BCUT2D eigenvalue weighted by atomic mass is 10.1. The van der Waals surface area contributed by atoms with E-state index in [0.29, 0.717) is 0 Å². The summed E-state index contributed by atoms with van der Waals surface area (Å²) in [6.07, 6.45) is -0.608. The zero-order valence-corrected chi connectivity index (χ0v) is 12.3. The van der Waals surface area contributed by atoms with Crippen LogP contribution in [0.15, 0.2) is 54.6 Å². The third-order valence-electron chi connectivity index (χ3n) is 3.18. The summed E-state index contributed by atoms with van der Waals surface area (Å²) in [7, 11) is 3.44. The Morgan fingerprint density at radius 2 is 1.76 bits per heavy atom. The maximum atomic E-state index is 12.3. The van der Waals surface area contributed by atoms with Crippen LogP contribution in [0.1, 0.15) is 17.2 Å². The van der Waals surface area contributed by atoms with Crippen molar-refractivity contribution in [2.45, 2.75) is 12.6 Å². The molecule has 0 heterocycles. The molecule has 2 aromatic carbocycles. The molecule has 1 amide bonds. The van der Waals surface area contributed by atoms with Gasteiger partial charge in [-0.15, -0.1) is 0 Å². The first kappa shape index (κ1) is 15.2. The number of methoxy groups -OCH3 is 1. The van der Waals surface area contributed by atoms with E-state index in [1.54, 1.807) is 0 Å². The van der Waals surface area contributed by atoms with E-state index in [0.717, 1.165) is 17.8 Å². The molecule has 0 aliphatic carbocycles. The molecular weight excluding hydrogens is 264 g/mol. The first-order chi connectivity index (χ1) is 10.2. The number of carbonyl (C=O) groups is 1. The summed E-state index contributed by atoms with van der Waals surface area (Å²) >= 11 is 0. The Hall–Kier alpha value is -2.17. The SMILES string of the molecule is CNCc1ccc(NC(=O)C(OC)c2ccccc2)cc1. The summed E-state index contributed by atoms with van der Waals surface area (Å²) in [5.41, 5.74) is 2.77. The molecule has 0 aliphatic heterocycles. The molecule has 4 heteroatoms. The van der Waals surface area contributed by atoms with Gasteiger partial charge in [-0.2, -0.15) is 0 Å². The molecule has 4 nitrogen and oxygen atoms in total. The van der Waals surface area contributed by atoms with Crippen molar-refractivity contribution in [2.24, 2.45) is 0 Å². The minimum Gasteiger partial charge on any atom is -0.367 e. The molecular formula is C17H20N2O2. The van der Waals surface area contributed by atoms with E-state index in [2.05, 4.69) is 10.6 Å². The van der Waals surface area contributed by atoms with E-state index in [-0.39, 0.29) is 5.91 Å². The van der Waals surface area contributed by atoms with Crippen LogP contribution < -0.4 is 10.6 Å². The highest BCUT2D eigenvalue weighted by atomic mass is 16.5. The standard InChI is InChI=1S/C17H20N2O2/c1-18-12-13-8-10-15(11-9-13)19-17(20)16(21-2)14-6-4-3-5-7-14/h3-11,16,18H,12H2,1-2H3,(H,19,20). The van der Waals surface area contributed by atoms with Crippen molar-refractivity contribution in [1.82, 2.24) is 5.32 Å². The third-order valence-corrected chi connectivity index (χ3v) is 3.18. The lowest BCUT2D eigenvalue weighted by Gasteiger charge is -2.15. The highest BCUT2D eigenvalue weighted by Gasteiger charge is 2.19. The Kier molecular flexibility index (Phi) is 5.49. The second kappa shape index (κ2) is 7.57. The fraction of sp³-hybridized carbons (Fsp3) is 0.235. The monoisotopic (exact) mass is 284 g/mol. The van der Waals surface area contributed by atoms with Crippen LogP contribution in [0.2, 0.25) is 0 Å². The second-order valence-electron chi connectivity index (χ2n) is 4.74. The minimum atomic E-state index is -0.608. The summed E-state index contributed by atoms with van der Waals surface area (Å²) in [4.78, 5) is 12.3. The van der Waals surface area contributed by atoms with Crippen molar-refractivity contribution in [1.29, 1.82) is 0 Å². The average Bonchev–Trinajstić information content (AvgIpc) is 2.51. The van der Waals surface area contributed by atoms with Gasteiger partial charge in [-0.3, -0.25) is 4.79 Å². The number of rotatable bonds is 6. The highest BCUT2D eigenvalue weighted by molar-refractivity contribution is 5.94. The van der Waals surface area contributed by atoms with E-state index in [1.165, 1.54) is 12.7 Å². The molecule has 0 aliphatic rings. The maximum Gasteiger partial charge on any atom is 0.258 e. The normalized spacial score (nSPS) is 11.9. The van der Waals surface area contributed by atoms with Crippen molar-refractivity contribution in [2.75, 3.05) is 19.5 Å². The van der Waals surface area contributed by atoms with E-state index in [1.807, 2.05) is 61.6 Å². The number of hydrogen-bond donors (Lipinski definition) is 2. The van der Waals surface area contributed by atoms with Crippen molar-refractivity contribution in [3.63, 3.8) is 0 Å². The van der Waals surface area contributed by atoms with Gasteiger partial charge in [0.15, 0.2) is 6.10 Å². The number of ether oxygens (including phenoxy) is 1. The fourth-order valence-corrected chi connectivity index (χ4v) is 2.14. The molecule has 1 unspecified atom stereocenters. The minimum absolute atomic E-state index is 0.176. The van der Waals surface area contributed by atoms with Crippen LogP contribution in [0, 0.1) is 0 Å². The topological polar surface area (TPSA) is 50.4 Å². The quantitative estimate of drug-likeness (QED) is 0.857. The van der Waals surface area contributed by atoms with Crippen LogP contribution >= 0.6 is 0 Å². The Morgan fingerprint density at radius 1 is 1.10 bits per heavy atom. The van der Waals surface area contributed by atoms with E-state index >= 15 is 0 Å². The van der Waals surface area contributed by atoms with Gasteiger partial charge in [0.25, 0.3) is 5.91 Å². The van der Waals surface area contributed by atoms with E-state index in [9.17, 15) is 4.79 Å². The molecule has 0 fully saturated rings. The van der Waals surface area contributed by atoms with Crippen LogP contribution in [0.4, 0.5) is 5.69 Å². The van der Waals surface area contributed by atoms with Crippen LogP contribution in [-0.4, -0.2) is 20.1 Å². The van der Waals surface area contributed by atoms with Gasteiger partial charge < -0.3 is 15.4 Å². The smallest absolute Gasteiger partial charge is 0.258 e. The Bertz CT molecular complexity index is 567. The molecule has 0 saturated heterocycles. The highest BCUT2D eigenvalue weighted by Crippen LogP contribution is 2.19. The predicted molar refractivity (Wildman–Crippen MR) is 84.0 cm³/mol. The van der Waals surface area contributed by atoms with Gasteiger partial charge in [-0.25, -0.2) is 0 Å². The molecule has 1 atom stereocenters. The second-order valence-corrected chi connectivity index (χ2v) is 4.74. The maximum absolute atomic E-state index is 12.3. The van der Waals surface area contributed by atoms with E-state index in [4.69, 9.17) is 4.74 Å². The summed E-state index contributed by atoms with van der Waals surface area (Å²) in [5, 5.41) is 5.96. The predicted octanol–water partition coefficient (Wildman–Crippen LogP) is 2.73.